The van der Waals surface area contributed by atoms with Crippen LogP contribution in [0.5, 0.6) is 0 Å². The topological polar surface area (TPSA) is 24.9 Å². The van der Waals surface area contributed by atoms with Crippen molar-refractivity contribution in [1.82, 2.24) is 9.71 Å². The average molecular weight is 158 g/mol. The summed E-state index contributed by atoms with van der Waals surface area (Å²) in [6.45, 7) is 0. The Morgan fingerprint density at radius 1 is 1.60 bits per heavy atom. The van der Waals surface area contributed by atoms with E-state index in [1.165, 1.54) is 24.2 Å². The Hall–Kier alpha value is -0.610. The van der Waals surface area contributed by atoms with E-state index in [1.807, 2.05) is 0 Å². The second-order valence-electron chi connectivity index (χ2n) is 1.62. The van der Waals surface area contributed by atoms with Crippen LogP contribution in [0.4, 0.5) is 4.39 Å². The van der Waals surface area contributed by atoms with Gasteiger partial charge in [0.05, 0.1) is 6.20 Å². The fraction of sp³-hybridized carbons (Fsp3) is 0.167. The van der Waals surface area contributed by atoms with Gasteiger partial charge in [0.15, 0.2) is 0 Å². The lowest BCUT2D eigenvalue weighted by atomic mass is 10.5. The highest BCUT2D eigenvalue weighted by atomic mass is 32.2. The molecule has 0 aliphatic rings. The summed E-state index contributed by atoms with van der Waals surface area (Å²) in [4.78, 5) is 3.79. The minimum Gasteiger partial charge on any atom is -0.262 e. The summed E-state index contributed by atoms with van der Waals surface area (Å²) in [6, 6.07) is 3.00. The van der Waals surface area contributed by atoms with E-state index in [0.717, 1.165) is 5.03 Å². The van der Waals surface area contributed by atoms with E-state index in [4.69, 9.17) is 0 Å². The monoisotopic (exact) mass is 158 g/mol. The van der Waals surface area contributed by atoms with Crippen LogP contribution in [0.1, 0.15) is 0 Å². The molecule has 0 saturated heterocycles. The third-order valence-corrected chi connectivity index (χ3v) is 1.56. The van der Waals surface area contributed by atoms with E-state index < -0.39 is 0 Å². The van der Waals surface area contributed by atoms with Crippen LogP contribution in [-0.2, 0) is 0 Å². The maximum Gasteiger partial charge on any atom is 0.141 e. The fourth-order valence-corrected chi connectivity index (χ4v) is 0.978. The van der Waals surface area contributed by atoms with Gasteiger partial charge in [-0.3, -0.25) is 4.72 Å². The molecule has 1 rings (SSSR count). The molecule has 4 heteroatoms. The predicted molar refractivity (Wildman–Crippen MR) is 39.1 cm³/mol. The van der Waals surface area contributed by atoms with Crippen molar-refractivity contribution in [1.29, 1.82) is 0 Å². The normalized spacial score (nSPS) is 9.80. The van der Waals surface area contributed by atoms with Gasteiger partial charge in [0.1, 0.15) is 10.8 Å². The van der Waals surface area contributed by atoms with E-state index >= 15 is 0 Å². The van der Waals surface area contributed by atoms with Crippen molar-refractivity contribution in [3.8, 4) is 0 Å². The first-order valence-corrected chi connectivity index (χ1v) is 3.59. The molecule has 1 aromatic rings. The molecule has 0 aliphatic heterocycles. The molecule has 0 aliphatic carbocycles. The van der Waals surface area contributed by atoms with Crippen molar-refractivity contribution in [3.05, 3.63) is 24.1 Å². The number of hydrogen-bond donors (Lipinski definition) is 1. The third kappa shape index (κ3) is 1.97. The lowest BCUT2D eigenvalue weighted by molar-refractivity contribution is 0.618. The number of pyridine rings is 1. The quantitative estimate of drug-likeness (QED) is 0.659. The zero-order valence-electron chi connectivity index (χ0n) is 5.47. The van der Waals surface area contributed by atoms with Crippen LogP contribution in [0.15, 0.2) is 23.4 Å². The first-order valence-electron chi connectivity index (χ1n) is 2.78. The molecule has 0 spiro atoms. The molecule has 0 unspecified atom stereocenters. The summed E-state index contributed by atoms with van der Waals surface area (Å²) in [5.41, 5.74) is 0. The van der Waals surface area contributed by atoms with E-state index in [2.05, 4.69) is 9.71 Å². The standard InChI is InChI=1S/C6H7FN2S/c1-8-10-6-3-2-5(7)4-9-6/h2-4,8H,1H3. The van der Waals surface area contributed by atoms with E-state index in [0.29, 0.717) is 0 Å². The van der Waals surface area contributed by atoms with Crippen LogP contribution >= 0.6 is 11.9 Å². The van der Waals surface area contributed by atoms with Gasteiger partial charge >= 0.3 is 0 Å². The summed E-state index contributed by atoms with van der Waals surface area (Å²) in [5.74, 6) is -0.305. The Kier molecular flexibility index (Phi) is 2.65. The van der Waals surface area contributed by atoms with Crippen LogP contribution in [0.25, 0.3) is 0 Å². The molecule has 1 N–H and O–H groups in total. The molecule has 1 aromatic heterocycles. The van der Waals surface area contributed by atoms with Crippen molar-refractivity contribution in [2.24, 2.45) is 0 Å². The predicted octanol–water partition coefficient (Wildman–Crippen LogP) is 1.45. The maximum atomic E-state index is 12.2. The smallest absolute Gasteiger partial charge is 0.141 e. The number of rotatable bonds is 2. The third-order valence-electron chi connectivity index (χ3n) is 0.907. The lowest BCUT2D eigenvalue weighted by Crippen LogP contribution is -1.92. The molecule has 0 atom stereocenters. The van der Waals surface area contributed by atoms with E-state index in [9.17, 15) is 4.39 Å². The number of nitrogens with one attached hydrogen (secondary N) is 1. The van der Waals surface area contributed by atoms with E-state index in [-0.39, 0.29) is 5.82 Å². The zero-order chi connectivity index (χ0) is 7.40. The van der Waals surface area contributed by atoms with E-state index in [1.54, 1.807) is 13.1 Å². The molecule has 0 amide bonds. The Labute approximate surface area is 63.0 Å². The Balaban J connectivity index is 2.69. The van der Waals surface area contributed by atoms with Gasteiger partial charge < -0.3 is 0 Å². The highest BCUT2D eigenvalue weighted by molar-refractivity contribution is 7.97. The molecule has 0 radical (unpaired) electrons. The van der Waals surface area contributed by atoms with Crippen LogP contribution in [-0.4, -0.2) is 12.0 Å². The highest BCUT2D eigenvalue weighted by Crippen LogP contribution is 2.09. The molecular weight excluding hydrogens is 151 g/mol. The summed E-state index contributed by atoms with van der Waals surface area (Å²) >= 11 is 1.36. The number of aromatic nitrogens is 1. The molecule has 10 heavy (non-hydrogen) atoms. The minimum absolute atomic E-state index is 0.305. The summed E-state index contributed by atoms with van der Waals surface area (Å²) in [7, 11) is 1.79. The molecular formula is C6H7FN2S. The van der Waals surface area contributed by atoms with Crippen LogP contribution in [0.3, 0.4) is 0 Å². The molecule has 0 fully saturated rings. The van der Waals surface area contributed by atoms with Gasteiger partial charge in [-0.1, -0.05) is 0 Å². The fourth-order valence-electron chi connectivity index (χ4n) is 0.527. The van der Waals surface area contributed by atoms with Crippen molar-refractivity contribution < 1.29 is 4.39 Å². The first-order chi connectivity index (χ1) is 4.83. The van der Waals surface area contributed by atoms with Gasteiger partial charge in [-0.25, -0.2) is 9.37 Å². The Morgan fingerprint density at radius 2 is 2.40 bits per heavy atom. The zero-order valence-corrected chi connectivity index (χ0v) is 6.28. The Bertz CT molecular complexity index is 199. The van der Waals surface area contributed by atoms with Gasteiger partial charge in [0, 0.05) is 0 Å². The molecule has 2 nitrogen and oxygen atoms in total. The largest absolute Gasteiger partial charge is 0.262 e. The second-order valence-corrected chi connectivity index (χ2v) is 2.65. The van der Waals surface area contributed by atoms with Gasteiger partial charge in [0.25, 0.3) is 0 Å². The molecule has 0 aromatic carbocycles. The number of hydrogen-bond acceptors (Lipinski definition) is 3. The van der Waals surface area contributed by atoms with Gasteiger partial charge in [0.2, 0.25) is 0 Å². The summed E-state index contributed by atoms with van der Waals surface area (Å²) in [5, 5.41) is 0.768. The van der Waals surface area contributed by atoms with Crippen molar-refractivity contribution in [3.63, 3.8) is 0 Å². The van der Waals surface area contributed by atoms with Crippen molar-refractivity contribution >= 4 is 11.9 Å². The first kappa shape index (κ1) is 7.50. The van der Waals surface area contributed by atoms with Crippen LogP contribution in [0.2, 0.25) is 0 Å². The van der Waals surface area contributed by atoms with Gasteiger partial charge in [-0.15, -0.1) is 0 Å². The molecule has 1 heterocycles. The van der Waals surface area contributed by atoms with Crippen molar-refractivity contribution in [2.75, 3.05) is 7.05 Å². The highest BCUT2D eigenvalue weighted by Gasteiger charge is 1.92. The molecule has 0 bridgehead atoms. The lowest BCUT2D eigenvalue weighted by Gasteiger charge is -1.95. The number of nitrogens with zero attached hydrogens (tertiary/aromatic N) is 1. The second kappa shape index (κ2) is 3.53. The van der Waals surface area contributed by atoms with Crippen LogP contribution in [0, 0.1) is 5.82 Å². The summed E-state index contributed by atoms with van der Waals surface area (Å²) in [6.07, 6.45) is 1.19. The Morgan fingerprint density at radius 3 is 2.90 bits per heavy atom. The van der Waals surface area contributed by atoms with Gasteiger partial charge in [-0.05, 0) is 31.1 Å². The van der Waals surface area contributed by atoms with Gasteiger partial charge in [-0.2, -0.15) is 0 Å². The SMILES string of the molecule is CNSc1ccc(F)cn1. The minimum atomic E-state index is -0.305. The molecule has 54 valence electrons. The maximum absolute atomic E-state index is 12.2. The average Bonchev–Trinajstić information content (AvgIpc) is 1.95. The number of halogens is 1. The van der Waals surface area contributed by atoms with Crippen LogP contribution < -0.4 is 4.72 Å². The molecule has 0 saturated carbocycles. The summed E-state index contributed by atoms with van der Waals surface area (Å²) < 4.78 is 15.1. The van der Waals surface area contributed by atoms with Crippen molar-refractivity contribution in [2.45, 2.75) is 5.03 Å².